The minimum absolute atomic E-state index is 0.105. The highest BCUT2D eigenvalue weighted by molar-refractivity contribution is 6.32. The van der Waals surface area contributed by atoms with Gasteiger partial charge in [-0.3, -0.25) is 4.79 Å². The van der Waals surface area contributed by atoms with E-state index in [1.54, 1.807) is 0 Å². The summed E-state index contributed by atoms with van der Waals surface area (Å²) in [5, 5.41) is 3.16. The highest BCUT2D eigenvalue weighted by Gasteiger charge is 2.25. The van der Waals surface area contributed by atoms with E-state index in [1.807, 2.05) is 6.92 Å². The average molecular weight is 228 g/mol. The second-order valence-corrected chi connectivity index (χ2v) is 4.10. The number of nitrogens with one attached hydrogen (secondary N) is 1. The number of carbonyl (C=O) groups is 1. The standard InChI is InChI=1S/C11H11ClFNO/c1-2-7-5-8-9(11(15)14-7)3-6(13)4-10(8)12/h3-4,7H,2,5H2,1H3,(H,14,15). The molecule has 2 rings (SSSR count). The first-order valence-electron chi connectivity index (χ1n) is 4.90. The van der Waals surface area contributed by atoms with Gasteiger partial charge in [-0.1, -0.05) is 18.5 Å². The van der Waals surface area contributed by atoms with Gasteiger partial charge in [0.2, 0.25) is 0 Å². The van der Waals surface area contributed by atoms with E-state index in [-0.39, 0.29) is 11.9 Å². The van der Waals surface area contributed by atoms with E-state index < -0.39 is 5.82 Å². The molecule has 80 valence electrons. The van der Waals surface area contributed by atoms with Crippen LogP contribution in [0.15, 0.2) is 12.1 Å². The zero-order valence-electron chi connectivity index (χ0n) is 8.31. The predicted molar refractivity (Wildman–Crippen MR) is 56.7 cm³/mol. The van der Waals surface area contributed by atoms with E-state index >= 15 is 0 Å². The van der Waals surface area contributed by atoms with Gasteiger partial charge >= 0.3 is 0 Å². The minimum Gasteiger partial charge on any atom is -0.349 e. The molecule has 0 radical (unpaired) electrons. The van der Waals surface area contributed by atoms with E-state index in [1.165, 1.54) is 12.1 Å². The van der Waals surface area contributed by atoms with Gasteiger partial charge in [-0.15, -0.1) is 0 Å². The maximum absolute atomic E-state index is 13.0. The Hall–Kier alpha value is -1.09. The Morgan fingerprint density at radius 2 is 2.33 bits per heavy atom. The first-order valence-corrected chi connectivity index (χ1v) is 5.28. The maximum atomic E-state index is 13.0. The number of carbonyl (C=O) groups excluding carboxylic acids is 1. The van der Waals surface area contributed by atoms with Crippen molar-refractivity contribution >= 4 is 17.5 Å². The molecule has 1 unspecified atom stereocenters. The second-order valence-electron chi connectivity index (χ2n) is 3.70. The van der Waals surface area contributed by atoms with E-state index in [0.717, 1.165) is 12.0 Å². The van der Waals surface area contributed by atoms with Gasteiger partial charge < -0.3 is 5.32 Å². The SMILES string of the molecule is CCC1Cc2c(Cl)cc(F)cc2C(=O)N1. The summed E-state index contributed by atoms with van der Waals surface area (Å²) in [6, 6.07) is 2.60. The molecule has 1 atom stereocenters. The summed E-state index contributed by atoms with van der Waals surface area (Å²) in [5.41, 5.74) is 1.12. The topological polar surface area (TPSA) is 29.1 Å². The second kappa shape index (κ2) is 3.81. The van der Waals surface area contributed by atoms with Gasteiger partial charge in [-0.25, -0.2) is 4.39 Å². The summed E-state index contributed by atoms with van der Waals surface area (Å²) in [5.74, 6) is -0.701. The van der Waals surface area contributed by atoms with Gasteiger partial charge in [0.1, 0.15) is 5.82 Å². The molecular weight excluding hydrogens is 217 g/mol. The molecule has 2 nitrogen and oxygen atoms in total. The van der Waals surface area contributed by atoms with Crippen LogP contribution in [0, 0.1) is 5.82 Å². The molecule has 0 saturated carbocycles. The van der Waals surface area contributed by atoms with Gasteiger partial charge in [0.05, 0.1) is 0 Å². The monoisotopic (exact) mass is 227 g/mol. The number of amides is 1. The lowest BCUT2D eigenvalue weighted by Crippen LogP contribution is -2.41. The molecule has 4 heteroatoms. The van der Waals surface area contributed by atoms with Crippen LogP contribution in [0.3, 0.4) is 0 Å². The summed E-state index contributed by atoms with van der Waals surface area (Å²) < 4.78 is 13.0. The molecule has 0 aliphatic carbocycles. The van der Waals surface area contributed by atoms with Gasteiger partial charge in [-0.05, 0) is 30.5 Å². The quantitative estimate of drug-likeness (QED) is 0.785. The molecule has 0 spiro atoms. The Labute approximate surface area is 92.4 Å². The van der Waals surface area contributed by atoms with Crippen molar-refractivity contribution in [2.75, 3.05) is 0 Å². The fourth-order valence-corrected chi connectivity index (χ4v) is 2.10. The van der Waals surface area contributed by atoms with Crippen LogP contribution in [-0.4, -0.2) is 11.9 Å². The van der Waals surface area contributed by atoms with Gasteiger partial charge in [0, 0.05) is 16.6 Å². The summed E-state index contributed by atoms with van der Waals surface area (Å²) in [7, 11) is 0. The smallest absolute Gasteiger partial charge is 0.251 e. The van der Waals surface area contributed by atoms with Crippen LogP contribution in [0.4, 0.5) is 4.39 Å². The lowest BCUT2D eigenvalue weighted by molar-refractivity contribution is 0.0923. The minimum atomic E-state index is -0.469. The molecule has 1 aliphatic heterocycles. The average Bonchev–Trinajstić information content (AvgIpc) is 2.19. The van der Waals surface area contributed by atoms with Crippen LogP contribution < -0.4 is 5.32 Å². The number of hydrogen-bond acceptors (Lipinski definition) is 1. The van der Waals surface area contributed by atoms with Crippen LogP contribution >= 0.6 is 11.6 Å². The van der Waals surface area contributed by atoms with Gasteiger partial charge in [0.25, 0.3) is 5.91 Å². The Balaban J connectivity index is 2.50. The van der Waals surface area contributed by atoms with Crippen molar-refractivity contribution in [1.82, 2.24) is 5.32 Å². The largest absolute Gasteiger partial charge is 0.349 e. The number of halogens is 2. The molecule has 1 N–H and O–H groups in total. The maximum Gasteiger partial charge on any atom is 0.251 e. The van der Waals surface area contributed by atoms with Crippen LogP contribution in [0.1, 0.15) is 29.3 Å². The summed E-state index contributed by atoms with van der Waals surface area (Å²) in [4.78, 5) is 11.6. The molecule has 0 aromatic heterocycles. The summed E-state index contributed by atoms with van der Waals surface area (Å²) in [6.07, 6.45) is 1.52. The lowest BCUT2D eigenvalue weighted by Gasteiger charge is -2.25. The molecule has 1 aliphatic rings. The Bertz CT molecular complexity index is 419. The van der Waals surface area contributed by atoms with Crippen molar-refractivity contribution in [3.63, 3.8) is 0 Å². The molecular formula is C11H11ClFNO. The fraction of sp³-hybridized carbons (Fsp3) is 0.364. The zero-order chi connectivity index (χ0) is 11.0. The molecule has 1 amide bonds. The molecule has 15 heavy (non-hydrogen) atoms. The Morgan fingerprint density at radius 3 is 3.00 bits per heavy atom. The third-order valence-electron chi connectivity index (χ3n) is 2.68. The van der Waals surface area contributed by atoms with Gasteiger partial charge in [0.15, 0.2) is 0 Å². The highest BCUT2D eigenvalue weighted by Crippen LogP contribution is 2.27. The van der Waals surface area contributed by atoms with Gasteiger partial charge in [-0.2, -0.15) is 0 Å². The third-order valence-corrected chi connectivity index (χ3v) is 3.02. The van der Waals surface area contributed by atoms with Crippen molar-refractivity contribution in [2.45, 2.75) is 25.8 Å². The van der Waals surface area contributed by atoms with Crippen molar-refractivity contribution < 1.29 is 9.18 Å². The van der Waals surface area contributed by atoms with Crippen molar-refractivity contribution in [1.29, 1.82) is 0 Å². The third kappa shape index (κ3) is 1.84. The molecule has 0 saturated heterocycles. The lowest BCUT2D eigenvalue weighted by atomic mass is 9.94. The zero-order valence-corrected chi connectivity index (χ0v) is 9.07. The molecule has 0 fully saturated rings. The highest BCUT2D eigenvalue weighted by atomic mass is 35.5. The van der Waals surface area contributed by atoms with Crippen molar-refractivity contribution in [3.05, 3.63) is 34.1 Å². The van der Waals surface area contributed by atoms with E-state index in [0.29, 0.717) is 17.0 Å². The van der Waals surface area contributed by atoms with Crippen molar-refractivity contribution in [3.8, 4) is 0 Å². The van der Waals surface area contributed by atoms with E-state index in [4.69, 9.17) is 11.6 Å². The first kappa shape index (κ1) is 10.4. The molecule has 0 bridgehead atoms. The summed E-state index contributed by atoms with van der Waals surface area (Å²) in [6.45, 7) is 1.99. The summed E-state index contributed by atoms with van der Waals surface area (Å²) >= 11 is 5.92. The number of rotatable bonds is 1. The van der Waals surface area contributed by atoms with Crippen molar-refractivity contribution in [2.24, 2.45) is 0 Å². The first-order chi connectivity index (χ1) is 7.11. The molecule has 1 aromatic carbocycles. The van der Waals surface area contributed by atoms with Crippen LogP contribution in [-0.2, 0) is 6.42 Å². The van der Waals surface area contributed by atoms with E-state index in [9.17, 15) is 9.18 Å². The molecule has 1 aromatic rings. The number of hydrogen-bond donors (Lipinski definition) is 1. The normalized spacial score (nSPS) is 19.7. The van der Waals surface area contributed by atoms with Crippen LogP contribution in [0.25, 0.3) is 0 Å². The van der Waals surface area contributed by atoms with E-state index in [2.05, 4.69) is 5.32 Å². The Morgan fingerprint density at radius 1 is 1.60 bits per heavy atom. The fourth-order valence-electron chi connectivity index (χ4n) is 1.82. The van der Waals surface area contributed by atoms with Crippen LogP contribution in [0.2, 0.25) is 5.02 Å². The predicted octanol–water partition coefficient (Wildman–Crippen LogP) is 2.54. The Kier molecular flexibility index (Phi) is 2.65. The van der Waals surface area contributed by atoms with Crippen LogP contribution in [0.5, 0.6) is 0 Å². The number of fused-ring (bicyclic) bond motifs is 1. The molecule has 1 heterocycles. The number of benzene rings is 1.